The molecule has 0 aliphatic carbocycles. The Morgan fingerprint density at radius 1 is 1.24 bits per heavy atom. The topological polar surface area (TPSA) is 37.3 Å². The van der Waals surface area contributed by atoms with Crippen LogP contribution in [0.3, 0.4) is 0 Å². The van der Waals surface area contributed by atoms with Gasteiger partial charge in [-0.1, -0.05) is 29.8 Å². The fraction of sp³-hybridized carbons (Fsp3) is 0.214. The highest BCUT2D eigenvalue weighted by molar-refractivity contribution is 7.16. The summed E-state index contributed by atoms with van der Waals surface area (Å²) in [6.45, 7) is 0. The number of carboxylic acids is 1. The van der Waals surface area contributed by atoms with Gasteiger partial charge in [0.1, 0.15) is 0 Å². The van der Waals surface area contributed by atoms with Crippen molar-refractivity contribution in [3.05, 3.63) is 56.7 Å². The van der Waals surface area contributed by atoms with E-state index in [0.717, 1.165) is 17.4 Å². The Morgan fingerprint density at radius 3 is 2.43 bits per heavy atom. The molecule has 112 valence electrons. The summed E-state index contributed by atoms with van der Waals surface area (Å²) in [6.07, 6.45) is -4.74. The first-order valence-electron chi connectivity index (χ1n) is 5.92. The Hall–Kier alpha value is -1.53. The maximum Gasteiger partial charge on any atom is 0.416 e. The zero-order valence-corrected chi connectivity index (χ0v) is 12.1. The molecular weight excluding hydrogens is 325 g/mol. The molecule has 1 aromatic carbocycles. The molecule has 0 spiro atoms. The lowest BCUT2D eigenvalue weighted by molar-refractivity contribution is -0.141. The average Bonchev–Trinajstić information content (AvgIpc) is 2.81. The third kappa shape index (κ3) is 3.77. The molecule has 0 amide bonds. The number of aliphatic carboxylic acids is 1. The van der Waals surface area contributed by atoms with E-state index in [9.17, 15) is 23.1 Å². The summed E-state index contributed by atoms with van der Waals surface area (Å²) in [5, 5.41) is 9.27. The van der Waals surface area contributed by atoms with E-state index in [4.69, 9.17) is 11.6 Å². The Kier molecular flexibility index (Phi) is 4.58. The monoisotopic (exact) mass is 334 g/mol. The van der Waals surface area contributed by atoms with E-state index >= 15 is 0 Å². The molecule has 0 saturated heterocycles. The SMILES string of the molecule is O=C(O)C(Cc1ccccc1C(F)(F)F)c1ccc(Cl)s1. The third-order valence-electron chi connectivity index (χ3n) is 2.98. The molecule has 0 saturated carbocycles. The predicted molar refractivity (Wildman–Crippen MR) is 74.9 cm³/mol. The van der Waals surface area contributed by atoms with Crippen molar-refractivity contribution in [1.29, 1.82) is 0 Å². The first kappa shape index (κ1) is 15.9. The minimum atomic E-state index is -4.51. The van der Waals surface area contributed by atoms with E-state index < -0.39 is 23.6 Å². The normalized spacial score (nSPS) is 13.1. The minimum absolute atomic E-state index is 0.0399. The molecule has 0 radical (unpaired) electrons. The van der Waals surface area contributed by atoms with Gasteiger partial charge >= 0.3 is 12.1 Å². The largest absolute Gasteiger partial charge is 0.481 e. The maximum atomic E-state index is 12.9. The summed E-state index contributed by atoms with van der Waals surface area (Å²) < 4.78 is 39.2. The fourth-order valence-corrected chi connectivity index (χ4v) is 3.17. The van der Waals surface area contributed by atoms with Crippen molar-refractivity contribution >= 4 is 28.9 Å². The van der Waals surface area contributed by atoms with Crippen LogP contribution in [0.4, 0.5) is 13.2 Å². The molecule has 1 unspecified atom stereocenters. The quantitative estimate of drug-likeness (QED) is 0.869. The molecule has 1 N–H and O–H groups in total. The number of thiophene rings is 1. The molecule has 2 rings (SSSR count). The number of rotatable bonds is 4. The number of hydrogen-bond acceptors (Lipinski definition) is 2. The van der Waals surface area contributed by atoms with Crippen LogP contribution in [0.2, 0.25) is 4.34 Å². The van der Waals surface area contributed by atoms with Gasteiger partial charge in [-0.3, -0.25) is 4.79 Å². The second kappa shape index (κ2) is 6.07. The molecule has 2 nitrogen and oxygen atoms in total. The highest BCUT2D eigenvalue weighted by atomic mass is 35.5. The number of alkyl halides is 3. The van der Waals surface area contributed by atoms with E-state index in [1.165, 1.54) is 30.3 Å². The molecule has 21 heavy (non-hydrogen) atoms. The van der Waals surface area contributed by atoms with E-state index in [0.29, 0.717) is 9.21 Å². The average molecular weight is 335 g/mol. The van der Waals surface area contributed by atoms with Crippen molar-refractivity contribution in [2.24, 2.45) is 0 Å². The lowest BCUT2D eigenvalue weighted by Gasteiger charge is -2.16. The zero-order chi connectivity index (χ0) is 15.6. The van der Waals surface area contributed by atoms with Crippen molar-refractivity contribution in [2.75, 3.05) is 0 Å². The number of hydrogen-bond donors (Lipinski definition) is 1. The summed E-state index contributed by atoms with van der Waals surface area (Å²) >= 11 is 6.82. The standard InChI is InChI=1S/C14H10ClF3O2S/c15-12-6-5-11(21-12)9(13(19)20)7-8-3-1-2-4-10(8)14(16,17)18/h1-6,9H,7H2,(H,19,20). The van der Waals surface area contributed by atoms with Crippen molar-refractivity contribution in [3.63, 3.8) is 0 Å². The van der Waals surface area contributed by atoms with Gasteiger partial charge in [-0.25, -0.2) is 0 Å². The van der Waals surface area contributed by atoms with Crippen LogP contribution in [0.15, 0.2) is 36.4 Å². The lowest BCUT2D eigenvalue weighted by atomic mass is 9.94. The van der Waals surface area contributed by atoms with Gasteiger partial charge in [0.25, 0.3) is 0 Å². The Balaban J connectivity index is 2.37. The van der Waals surface area contributed by atoms with Gasteiger partial charge in [-0.2, -0.15) is 13.2 Å². The van der Waals surface area contributed by atoms with Crippen LogP contribution in [0, 0.1) is 0 Å². The number of carboxylic acid groups (broad SMARTS) is 1. The van der Waals surface area contributed by atoms with Gasteiger partial charge in [-0.05, 0) is 30.2 Å². The molecule has 7 heteroatoms. The molecule has 2 aromatic rings. The van der Waals surface area contributed by atoms with E-state index in [-0.39, 0.29) is 12.0 Å². The number of halogens is 4. The van der Waals surface area contributed by atoms with E-state index in [1.54, 1.807) is 0 Å². The van der Waals surface area contributed by atoms with Crippen LogP contribution < -0.4 is 0 Å². The Morgan fingerprint density at radius 2 is 1.90 bits per heavy atom. The first-order chi connectivity index (χ1) is 9.79. The minimum Gasteiger partial charge on any atom is -0.481 e. The fourth-order valence-electron chi connectivity index (χ4n) is 2.02. The van der Waals surface area contributed by atoms with Crippen molar-refractivity contribution in [3.8, 4) is 0 Å². The van der Waals surface area contributed by atoms with Crippen LogP contribution in [0.5, 0.6) is 0 Å². The predicted octanol–water partition coefficient (Wildman–Crippen LogP) is 4.83. The Bertz CT molecular complexity index is 652. The van der Waals surface area contributed by atoms with Gasteiger partial charge in [0.15, 0.2) is 0 Å². The summed E-state index contributed by atoms with van der Waals surface area (Å²) in [6, 6.07) is 8.06. The van der Waals surface area contributed by atoms with Crippen LogP contribution in [-0.2, 0) is 17.4 Å². The Labute approximate surface area is 127 Å². The highest BCUT2D eigenvalue weighted by Crippen LogP contribution is 2.36. The molecule has 0 aliphatic rings. The van der Waals surface area contributed by atoms with Gasteiger partial charge < -0.3 is 5.11 Å². The second-order valence-electron chi connectivity index (χ2n) is 4.39. The first-order valence-corrected chi connectivity index (χ1v) is 7.11. The van der Waals surface area contributed by atoms with Gasteiger partial charge in [-0.15, -0.1) is 11.3 Å². The molecular formula is C14H10ClF3O2S. The molecule has 0 fully saturated rings. The summed E-state index contributed by atoms with van der Waals surface area (Å²) in [5.41, 5.74) is -0.846. The van der Waals surface area contributed by atoms with Crippen LogP contribution in [0.1, 0.15) is 21.9 Å². The van der Waals surface area contributed by atoms with Crippen molar-refractivity contribution in [1.82, 2.24) is 0 Å². The third-order valence-corrected chi connectivity index (χ3v) is 4.33. The summed E-state index contributed by atoms with van der Waals surface area (Å²) in [5.74, 6) is -2.23. The van der Waals surface area contributed by atoms with Crippen molar-refractivity contribution in [2.45, 2.75) is 18.5 Å². The van der Waals surface area contributed by atoms with Gasteiger partial charge in [0.2, 0.25) is 0 Å². The summed E-state index contributed by atoms with van der Waals surface area (Å²) in [4.78, 5) is 11.8. The molecule has 1 heterocycles. The van der Waals surface area contributed by atoms with Crippen LogP contribution in [0.25, 0.3) is 0 Å². The van der Waals surface area contributed by atoms with Gasteiger partial charge in [0, 0.05) is 4.88 Å². The molecule has 1 aromatic heterocycles. The second-order valence-corrected chi connectivity index (χ2v) is 6.14. The number of benzene rings is 1. The zero-order valence-electron chi connectivity index (χ0n) is 10.5. The lowest BCUT2D eigenvalue weighted by Crippen LogP contribution is -2.16. The van der Waals surface area contributed by atoms with Crippen molar-refractivity contribution < 1.29 is 23.1 Å². The molecule has 0 aliphatic heterocycles. The smallest absolute Gasteiger partial charge is 0.416 e. The summed E-state index contributed by atoms with van der Waals surface area (Å²) in [7, 11) is 0. The molecule has 0 bridgehead atoms. The molecule has 1 atom stereocenters. The van der Waals surface area contributed by atoms with E-state index in [1.807, 2.05) is 0 Å². The number of carbonyl (C=O) groups is 1. The van der Waals surface area contributed by atoms with Gasteiger partial charge in [0.05, 0.1) is 15.8 Å². The van der Waals surface area contributed by atoms with Crippen LogP contribution in [-0.4, -0.2) is 11.1 Å². The maximum absolute atomic E-state index is 12.9. The van der Waals surface area contributed by atoms with Crippen LogP contribution >= 0.6 is 22.9 Å². The highest BCUT2D eigenvalue weighted by Gasteiger charge is 2.34. The van der Waals surface area contributed by atoms with E-state index in [2.05, 4.69) is 0 Å².